The van der Waals surface area contributed by atoms with Crippen molar-refractivity contribution in [1.82, 2.24) is 4.90 Å². The van der Waals surface area contributed by atoms with Crippen molar-refractivity contribution < 1.29 is 14.4 Å². The van der Waals surface area contributed by atoms with Crippen LogP contribution in [0.3, 0.4) is 0 Å². The highest BCUT2D eigenvalue weighted by atomic mass is 35.5. The molecule has 168 valence electrons. The summed E-state index contributed by atoms with van der Waals surface area (Å²) in [6.07, 6.45) is 5.60. The number of allylic oxidation sites excluding steroid dienone is 2. The molecule has 2 aromatic rings. The number of nitrogens with one attached hydrogen (secondary N) is 1. The number of imide groups is 1. The van der Waals surface area contributed by atoms with Crippen molar-refractivity contribution in [1.29, 1.82) is 0 Å². The van der Waals surface area contributed by atoms with E-state index in [-0.39, 0.29) is 41.9 Å². The monoisotopic (exact) mass is 480 g/mol. The van der Waals surface area contributed by atoms with Crippen molar-refractivity contribution in [2.75, 3.05) is 5.32 Å². The molecule has 33 heavy (non-hydrogen) atoms. The molecule has 2 bridgehead atoms. The third kappa shape index (κ3) is 3.32. The lowest BCUT2D eigenvalue weighted by Crippen LogP contribution is -2.49. The zero-order valence-electron chi connectivity index (χ0n) is 17.7. The Labute approximate surface area is 201 Å². The summed E-state index contributed by atoms with van der Waals surface area (Å²) in [7, 11) is 0. The van der Waals surface area contributed by atoms with Gasteiger partial charge >= 0.3 is 0 Å². The van der Waals surface area contributed by atoms with Crippen LogP contribution in [0, 0.1) is 35.5 Å². The number of amides is 3. The van der Waals surface area contributed by atoms with Crippen LogP contribution in [0.2, 0.25) is 10.0 Å². The quantitative estimate of drug-likeness (QED) is 0.502. The van der Waals surface area contributed by atoms with Gasteiger partial charge in [0.15, 0.2) is 0 Å². The minimum atomic E-state index is -0.958. The van der Waals surface area contributed by atoms with Crippen molar-refractivity contribution in [3.8, 4) is 0 Å². The fourth-order valence-corrected chi connectivity index (χ4v) is 6.69. The summed E-state index contributed by atoms with van der Waals surface area (Å²) >= 11 is 12.3. The average Bonchev–Trinajstić information content (AvgIpc) is 3.59. The van der Waals surface area contributed by atoms with Gasteiger partial charge in [-0.2, -0.15) is 0 Å². The molecule has 2 aromatic carbocycles. The van der Waals surface area contributed by atoms with E-state index in [1.54, 1.807) is 18.2 Å². The van der Waals surface area contributed by atoms with E-state index in [4.69, 9.17) is 23.2 Å². The highest BCUT2D eigenvalue weighted by molar-refractivity contribution is 6.36. The molecule has 2 saturated carbocycles. The van der Waals surface area contributed by atoms with Crippen LogP contribution in [0.25, 0.3) is 0 Å². The highest BCUT2D eigenvalue weighted by Crippen LogP contribution is 2.65. The van der Waals surface area contributed by atoms with Gasteiger partial charge in [-0.05, 0) is 53.9 Å². The van der Waals surface area contributed by atoms with Gasteiger partial charge in [0.2, 0.25) is 17.7 Å². The number of carbonyl (C=O) groups excluding carboxylic acids is 3. The molecule has 0 radical (unpaired) electrons. The van der Waals surface area contributed by atoms with E-state index in [0.29, 0.717) is 27.6 Å². The molecule has 0 aromatic heterocycles. The van der Waals surface area contributed by atoms with Crippen LogP contribution in [0.1, 0.15) is 12.0 Å². The smallest absolute Gasteiger partial charge is 0.248 e. The van der Waals surface area contributed by atoms with Gasteiger partial charge in [-0.3, -0.25) is 19.3 Å². The van der Waals surface area contributed by atoms with Crippen molar-refractivity contribution in [2.45, 2.75) is 18.9 Å². The maximum absolute atomic E-state index is 13.7. The standard InChI is InChI=1S/C26H22Cl2N2O3/c27-14-6-9-20(19(28)11-14)29-24(31)21(10-13-4-2-1-3-5-13)30-25(32)22-15-7-8-16(18-12-17(15)18)23(22)26(30)33/h1-9,11,15-18,21-23H,10,12H2,(H,29,31)/t15-,16-,17-,18-,21+,22+,23+/m1/s1. The van der Waals surface area contributed by atoms with Gasteiger partial charge in [-0.15, -0.1) is 0 Å². The summed E-state index contributed by atoms with van der Waals surface area (Å²) in [5.41, 5.74) is 1.27. The second kappa shape index (κ2) is 7.71. The van der Waals surface area contributed by atoms with Crippen molar-refractivity contribution in [2.24, 2.45) is 35.5 Å². The predicted molar refractivity (Wildman–Crippen MR) is 126 cm³/mol. The SMILES string of the molecule is O=C(Nc1ccc(Cl)cc1Cl)[C@H](Cc1ccccc1)N1C(=O)[C@H]2[C@@H]3C=C[C@H]([C@H]4C[C@H]34)[C@@H]2C1=O. The van der Waals surface area contributed by atoms with Crippen LogP contribution < -0.4 is 5.32 Å². The van der Waals surface area contributed by atoms with Crippen LogP contribution in [0.4, 0.5) is 5.69 Å². The Balaban J connectivity index is 1.34. The topological polar surface area (TPSA) is 66.5 Å². The molecule has 1 saturated heterocycles. The van der Waals surface area contributed by atoms with Crippen LogP contribution >= 0.6 is 23.2 Å². The molecule has 1 heterocycles. The Morgan fingerprint density at radius 2 is 1.61 bits per heavy atom. The Hall–Kier alpha value is -2.63. The van der Waals surface area contributed by atoms with Crippen molar-refractivity contribution >= 4 is 46.6 Å². The molecule has 3 amide bonds. The second-order valence-electron chi connectivity index (χ2n) is 9.52. The maximum Gasteiger partial charge on any atom is 0.248 e. The van der Waals surface area contributed by atoms with E-state index >= 15 is 0 Å². The van der Waals surface area contributed by atoms with Crippen molar-refractivity contribution in [3.05, 3.63) is 76.3 Å². The average molecular weight is 481 g/mol. The normalized spacial score (nSPS) is 31.9. The fraction of sp³-hybridized carbons (Fsp3) is 0.346. The van der Waals surface area contributed by atoms with Gasteiger partial charge in [0.25, 0.3) is 0 Å². The Kier molecular flexibility index (Phi) is 4.89. The molecular weight excluding hydrogens is 459 g/mol. The zero-order valence-corrected chi connectivity index (χ0v) is 19.2. The number of hydrogen-bond donors (Lipinski definition) is 1. The molecule has 5 nitrogen and oxygen atoms in total. The van der Waals surface area contributed by atoms with E-state index in [0.717, 1.165) is 12.0 Å². The summed E-state index contributed by atoms with van der Waals surface area (Å²) in [5, 5.41) is 3.57. The first-order valence-electron chi connectivity index (χ1n) is 11.3. The number of rotatable bonds is 5. The first-order valence-corrected chi connectivity index (χ1v) is 12.0. The summed E-state index contributed by atoms with van der Waals surface area (Å²) in [4.78, 5) is 42.1. The van der Waals surface area contributed by atoms with Gasteiger partial charge in [0.05, 0.1) is 22.5 Å². The Morgan fingerprint density at radius 1 is 0.970 bits per heavy atom. The number of benzene rings is 2. The van der Waals surface area contributed by atoms with Crippen LogP contribution in [0.5, 0.6) is 0 Å². The maximum atomic E-state index is 13.7. The van der Waals surface area contributed by atoms with Gasteiger partial charge in [-0.1, -0.05) is 65.7 Å². The number of halogens is 2. The summed E-state index contributed by atoms with van der Waals surface area (Å²) in [5.74, 6) is -0.326. The molecule has 3 fully saturated rings. The molecule has 0 unspecified atom stereocenters. The Morgan fingerprint density at radius 3 is 2.21 bits per heavy atom. The van der Waals surface area contributed by atoms with Crippen molar-refractivity contribution in [3.63, 3.8) is 0 Å². The second-order valence-corrected chi connectivity index (χ2v) is 10.4. The lowest BCUT2D eigenvalue weighted by atomic mass is 9.63. The number of anilines is 1. The summed E-state index contributed by atoms with van der Waals surface area (Å²) in [6.45, 7) is 0. The molecule has 5 aliphatic rings. The third-order valence-electron chi connectivity index (χ3n) is 7.77. The summed E-state index contributed by atoms with van der Waals surface area (Å²) in [6, 6.07) is 13.3. The molecular formula is C26H22Cl2N2O3. The van der Waals surface area contributed by atoms with Gasteiger partial charge in [0.1, 0.15) is 6.04 Å². The van der Waals surface area contributed by atoms with Gasteiger partial charge in [0, 0.05) is 11.4 Å². The molecule has 7 atom stereocenters. The van der Waals surface area contributed by atoms with Crippen LogP contribution in [-0.2, 0) is 20.8 Å². The van der Waals surface area contributed by atoms with E-state index in [2.05, 4.69) is 17.5 Å². The first-order chi connectivity index (χ1) is 15.9. The number of nitrogens with zero attached hydrogens (tertiary/aromatic N) is 1. The first kappa shape index (κ1) is 20.9. The molecule has 1 N–H and O–H groups in total. The predicted octanol–water partition coefficient (Wildman–Crippen LogP) is 4.60. The zero-order chi connectivity index (χ0) is 22.9. The minimum Gasteiger partial charge on any atom is -0.323 e. The largest absolute Gasteiger partial charge is 0.323 e. The van der Waals surface area contributed by atoms with E-state index in [1.165, 1.54) is 4.90 Å². The Bertz CT molecular complexity index is 1160. The van der Waals surface area contributed by atoms with Crippen LogP contribution in [-0.4, -0.2) is 28.7 Å². The minimum absolute atomic E-state index is 0.109. The molecule has 7 heteroatoms. The molecule has 7 rings (SSSR count). The summed E-state index contributed by atoms with van der Waals surface area (Å²) < 4.78 is 0. The highest BCUT2D eigenvalue weighted by Gasteiger charge is 2.67. The lowest BCUT2D eigenvalue weighted by molar-refractivity contribution is -0.146. The third-order valence-corrected chi connectivity index (χ3v) is 8.32. The molecule has 1 aliphatic heterocycles. The molecule has 4 aliphatic carbocycles. The number of hydrogen-bond acceptors (Lipinski definition) is 3. The molecule has 0 spiro atoms. The fourth-order valence-electron chi connectivity index (χ4n) is 6.23. The van der Waals surface area contributed by atoms with E-state index in [1.807, 2.05) is 30.3 Å². The number of likely N-dealkylation sites (tertiary alicyclic amines) is 1. The van der Waals surface area contributed by atoms with Gasteiger partial charge in [-0.25, -0.2) is 0 Å². The van der Waals surface area contributed by atoms with Gasteiger partial charge < -0.3 is 5.32 Å². The van der Waals surface area contributed by atoms with E-state index < -0.39 is 11.9 Å². The lowest BCUT2D eigenvalue weighted by Gasteiger charge is -2.37. The van der Waals surface area contributed by atoms with Crippen LogP contribution in [0.15, 0.2) is 60.7 Å². The van der Waals surface area contributed by atoms with E-state index in [9.17, 15) is 14.4 Å². The number of carbonyl (C=O) groups is 3.